The van der Waals surface area contributed by atoms with Crippen molar-refractivity contribution < 1.29 is 4.79 Å². The first-order valence-corrected chi connectivity index (χ1v) is 5.69. The SMILES string of the molecule is CC(=O)N1c2ccc(C(C)N)cc2CC1C. The van der Waals surface area contributed by atoms with Gasteiger partial charge in [-0.15, -0.1) is 0 Å². The fourth-order valence-electron chi connectivity index (χ4n) is 2.41. The van der Waals surface area contributed by atoms with Gasteiger partial charge in [-0.1, -0.05) is 12.1 Å². The van der Waals surface area contributed by atoms with Crippen LogP contribution in [0.2, 0.25) is 0 Å². The smallest absolute Gasteiger partial charge is 0.224 e. The van der Waals surface area contributed by atoms with Crippen LogP contribution < -0.4 is 10.6 Å². The van der Waals surface area contributed by atoms with E-state index in [4.69, 9.17) is 5.73 Å². The van der Waals surface area contributed by atoms with Crippen molar-refractivity contribution in [2.75, 3.05) is 4.90 Å². The fraction of sp³-hybridized carbons (Fsp3) is 0.462. The molecule has 2 rings (SSSR count). The van der Waals surface area contributed by atoms with E-state index in [1.54, 1.807) is 6.92 Å². The molecule has 1 heterocycles. The minimum atomic E-state index is 0.0481. The Bertz CT molecular complexity index is 426. The average Bonchev–Trinajstić information content (AvgIpc) is 2.51. The molecule has 2 N–H and O–H groups in total. The first kappa shape index (κ1) is 11.1. The number of hydrogen-bond acceptors (Lipinski definition) is 2. The maximum Gasteiger partial charge on any atom is 0.224 e. The van der Waals surface area contributed by atoms with Crippen LogP contribution >= 0.6 is 0 Å². The van der Waals surface area contributed by atoms with Crippen molar-refractivity contribution in [3.8, 4) is 0 Å². The van der Waals surface area contributed by atoms with Gasteiger partial charge in [0.1, 0.15) is 0 Å². The number of anilines is 1. The highest BCUT2D eigenvalue weighted by Crippen LogP contribution is 2.33. The molecule has 1 aromatic rings. The zero-order chi connectivity index (χ0) is 11.9. The lowest BCUT2D eigenvalue weighted by Gasteiger charge is -2.20. The highest BCUT2D eigenvalue weighted by atomic mass is 16.2. The number of nitrogens with two attached hydrogens (primary N) is 1. The van der Waals surface area contributed by atoms with E-state index >= 15 is 0 Å². The van der Waals surface area contributed by atoms with Gasteiger partial charge in [0.25, 0.3) is 0 Å². The molecule has 3 nitrogen and oxygen atoms in total. The third-order valence-electron chi connectivity index (χ3n) is 3.18. The van der Waals surface area contributed by atoms with E-state index in [2.05, 4.69) is 13.0 Å². The molecule has 0 saturated carbocycles. The summed E-state index contributed by atoms with van der Waals surface area (Å²) in [5.74, 6) is 0.111. The second-order valence-corrected chi connectivity index (χ2v) is 4.62. The van der Waals surface area contributed by atoms with Gasteiger partial charge in [0.05, 0.1) is 0 Å². The van der Waals surface area contributed by atoms with Gasteiger partial charge in [-0.2, -0.15) is 0 Å². The normalized spacial score (nSPS) is 20.8. The molecule has 1 aliphatic rings. The molecule has 1 aromatic carbocycles. The minimum Gasteiger partial charge on any atom is -0.324 e. The zero-order valence-electron chi connectivity index (χ0n) is 10.0. The maximum absolute atomic E-state index is 11.5. The molecule has 0 aliphatic carbocycles. The van der Waals surface area contributed by atoms with Crippen LogP contribution in [0.5, 0.6) is 0 Å². The number of carbonyl (C=O) groups excluding carboxylic acids is 1. The summed E-state index contributed by atoms with van der Waals surface area (Å²) in [5.41, 5.74) is 9.27. The summed E-state index contributed by atoms with van der Waals surface area (Å²) in [6.45, 7) is 5.67. The molecular weight excluding hydrogens is 200 g/mol. The molecule has 2 atom stereocenters. The highest BCUT2D eigenvalue weighted by molar-refractivity contribution is 5.94. The van der Waals surface area contributed by atoms with Crippen molar-refractivity contribution in [1.82, 2.24) is 0 Å². The van der Waals surface area contributed by atoms with E-state index in [1.807, 2.05) is 24.0 Å². The van der Waals surface area contributed by atoms with Gasteiger partial charge >= 0.3 is 0 Å². The lowest BCUT2D eigenvalue weighted by molar-refractivity contribution is -0.116. The fourth-order valence-corrected chi connectivity index (χ4v) is 2.41. The summed E-state index contributed by atoms with van der Waals surface area (Å²) in [6, 6.07) is 6.46. The Hall–Kier alpha value is -1.35. The van der Waals surface area contributed by atoms with E-state index in [0.717, 1.165) is 17.7 Å². The van der Waals surface area contributed by atoms with E-state index in [1.165, 1.54) is 5.56 Å². The molecule has 3 heteroatoms. The van der Waals surface area contributed by atoms with Crippen molar-refractivity contribution >= 4 is 11.6 Å². The van der Waals surface area contributed by atoms with Crippen LogP contribution in [0.4, 0.5) is 5.69 Å². The third-order valence-corrected chi connectivity index (χ3v) is 3.18. The molecule has 0 fully saturated rings. The topological polar surface area (TPSA) is 46.3 Å². The van der Waals surface area contributed by atoms with Crippen molar-refractivity contribution in [1.29, 1.82) is 0 Å². The van der Waals surface area contributed by atoms with Crippen molar-refractivity contribution in [2.24, 2.45) is 5.73 Å². The first-order chi connectivity index (χ1) is 7.50. The predicted molar refractivity (Wildman–Crippen MR) is 65.4 cm³/mol. The van der Waals surface area contributed by atoms with Gasteiger partial charge in [0.15, 0.2) is 0 Å². The summed E-state index contributed by atoms with van der Waals surface area (Å²) in [4.78, 5) is 13.4. The van der Waals surface area contributed by atoms with Crippen LogP contribution in [0.3, 0.4) is 0 Å². The summed E-state index contributed by atoms with van der Waals surface area (Å²) < 4.78 is 0. The molecule has 0 saturated heterocycles. The molecule has 0 spiro atoms. The Morgan fingerprint density at radius 2 is 2.25 bits per heavy atom. The predicted octanol–water partition coefficient (Wildman–Crippen LogP) is 2.00. The quantitative estimate of drug-likeness (QED) is 0.783. The van der Waals surface area contributed by atoms with Gasteiger partial charge < -0.3 is 10.6 Å². The Kier molecular flexibility index (Phi) is 2.72. The Balaban J connectivity index is 2.42. The van der Waals surface area contributed by atoms with Gasteiger partial charge in [-0.25, -0.2) is 0 Å². The second kappa shape index (κ2) is 3.91. The van der Waals surface area contributed by atoms with E-state index in [9.17, 15) is 4.79 Å². The highest BCUT2D eigenvalue weighted by Gasteiger charge is 2.28. The summed E-state index contributed by atoms with van der Waals surface area (Å²) in [6.07, 6.45) is 0.926. The van der Waals surface area contributed by atoms with Gasteiger partial charge in [0.2, 0.25) is 5.91 Å². The number of amides is 1. The maximum atomic E-state index is 11.5. The minimum absolute atomic E-state index is 0.0481. The second-order valence-electron chi connectivity index (χ2n) is 4.62. The van der Waals surface area contributed by atoms with Crippen LogP contribution in [0.15, 0.2) is 18.2 Å². The number of nitrogens with zero attached hydrogens (tertiary/aromatic N) is 1. The number of benzene rings is 1. The number of hydrogen-bond donors (Lipinski definition) is 1. The molecule has 16 heavy (non-hydrogen) atoms. The Labute approximate surface area is 96.2 Å². The summed E-state index contributed by atoms with van der Waals surface area (Å²) in [5, 5.41) is 0. The number of carbonyl (C=O) groups is 1. The number of fused-ring (bicyclic) bond motifs is 1. The molecule has 0 bridgehead atoms. The molecule has 1 aliphatic heterocycles. The molecule has 0 radical (unpaired) electrons. The lowest BCUT2D eigenvalue weighted by atomic mass is 10.0. The van der Waals surface area contributed by atoms with Crippen molar-refractivity contribution in [3.05, 3.63) is 29.3 Å². The molecule has 86 valence electrons. The zero-order valence-corrected chi connectivity index (χ0v) is 10.0. The molecule has 2 unspecified atom stereocenters. The van der Waals surface area contributed by atoms with E-state index in [0.29, 0.717) is 0 Å². The molecule has 0 aromatic heterocycles. The first-order valence-electron chi connectivity index (χ1n) is 5.69. The average molecular weight is 218 g/mol. The van der Waals surface area contributed by atoms with Gasteiger partial charge in [-0.3, -0.25) is 4.79 Å². The van der Waals surface area contributed by atoms with E-state index in [-0.39, 0.29) is 18.0 Å². The Morgan fingerprint density at radius 3 is 2.81 bits per heavy atom. The largest absolute Gasteiger partial charge is 0.324 e. The Morgan fingerprint density at radius 1 is 1.56 bits per heavy atom. The molecular formula is C13H18N2O. The van der Waals surface area contributed by atoms with Crippen LogP contribution in [-0.4, -0.2) is 11.9 Å². The van der Waals surface area contributed by atoms with Crippen molar-refractivity contribution in [3.63, 3.8) is 0 Å². The van der Waals surface area contributed by atoms with Gasteiger partial charge in [0, 0.05) is 24.7 Å². The van der Waals surface area contributed by atoms with Crippen LogP contribution in [0.1, 0.15) is 37.9 Å². The van der Waals surface area contributed by atoms with Crippen molar-refractivity contribution in [2.45, 2.75) is 39.3 Å². The monoisotopic (exact) mass is 218 g/mol. The third kappa shape index (κ3) is 1.71. The van der Waals surface area contributed by atoms with Gasteiger partial charge in [-0.05, 0) is 37.5 Å². The lowest BCUT2D eigenvalue weighted by Crippen LogP contribution is -2.33. The van der Waals surface area contributed by atoms with Crippen LogP contribution in [-0.2, 0) is 11.2 Å². The standard InChI is InChI=1S/C13H18N2O/c1-8-6-12-7-11(9(2)14)4-5-13(12)15(8)10(3)16/h4-5,7-9H,6,14H2,1-3H3. The number of rotatable bonds is 1. The summed E-state index contributed by atoms with van der Waals surface area (Å²) >= 11 is 0. The summed E-state index contributed by atoms with van der Waals surface area (Å²) in [7, 11) is 0. The van der Waals surface area contributed by atoms with Crippen LogP contribution in [0.25, 0.3) is 0 Å². The van der Waals surface area contributed by atoms with E-state index < -0.39 is 0 Å². The van der Waals surface area contributed by atoms with Crippen LogP contribution in [0, 0.1) is 0 Å². The molecule has 1 amide bonds.